The van der Waals surface area contributed by atoms with Crippen LogP contribution in [-0.2, 0) is 14.4 Å². The van der Waals surface area contributed by atoms with Crippen molar-refractivity contribution in [2.45, 2.75) is 44.9 Å². The fourth-order valence-electron chi connectivity index (χ4n) is 3.72. The van der Waals surface area contributed by atoms with Crippen molar-refractivity contribution < 1.29 is 14.4 Å². The lowest BCUT2D eigenvalue weighted by Crippen LogP contribution is -2.41. The van der Waals surface area contributed by atoms with Gasteiger partial charge in [0, 0.05) is 6.54 Å². The summed E-state index contributed by atoms with van der Waals surface area (Å²) in [5.74, 6) is -1.13. The largest absolute Gasteiger partial charge is 0.354 e. The number of carbonyl (C=O) groups excluding carboxylic acids is 3. The molecule has 5 heteroatoms. The average molecular weight is 316 g/mol. The first kappa shape index (κ1) is 16.0. The Labute approximate surface area is 136 Å². The van der Waals surface area contributed by atoms with Gasteiger partial charge in [0.05, 0.1) is 11.8 Å². The first-order valence-corrected chi connectivity index (χ1v) is 8.61. The van der Waals surface area contributed by atoms with Crippen LogP contribution < -0.4 is 5.32 Å². The summed E-state index contributed by atoms with van der Waals surface area (Å²) in [7, 11) is 0. The fraction of sp³-hybridized carbons (Fsp3) is 0.611. The second kappa shape index (κ2) is 7.11. The standard InChI is InChI=1S/C18H24N2O3/c21-16(19-11-10-13-6-2-1-3-7-13)12-20-17(22)14-8-4-5-9-15(14)18(20)23/h4-6,14-15H,1-3,7-12H2,(H,19,21). The second-order valence-electron chi connectivity index (χ2n) is 6.63. The zero-order valence-electron chi connectivity index (χ0n) is 13.4. The molecule has 1 heterocycles. The van der Waals surface area contributed by atoms with Gasteiger partial charge < -0.3 is 5.32 Å². The molecule has 0 saturated carbocycles. The molecule has 1 aliphatic heterocycles. The van der Waals surface area contributed by atoms with E-state index >= 15 is 0 Å². The Morgan fingerprint density at radius 2 is 1.83 bits per heavy atom. The summed E-state index contributed by atoms with van der Waals surface area (Å²) in [6, 6.07) is 0. The molecule has 3 rings (SSSR count). The molecular weight excluding hydrogens is 292 g/mol. The van der Waals surface area contributed by atoms with Gasteiger partial charge in [0.25, 0.3) is 0 Å². The third-order valence-corrected chi connectivity index (χ3v) is 5.05. The van der Waals surface area contributed by atoms with Gasteiger partial charge in [0.2, 0.25) is 17.7 Å². The Balaban J connectivity index is 1.47. The van der Waals surface area contributed by atoms with Crippen molar-refractivity contribution in [3.05, 3.63) is 23.8 Å². The van der Waals surface area contributed by atoms with E-state index in [1.807, 2.05) is 12.2 Å². The Morgan fingerprint density at radius 3 is 2.43 bits per heavy atom. The van der Waals surface area contributed by atoms with Crippen LogP contribution in [0.15, 0.2) is 23.8 Å². The molecule has 23 heavy (non-hydrogen) atoms. The normalized spacial score (nSPS) is 27.0. The molecule has 124 valence electrons. The van der Waals surface area contributed by atoms with Crippen LogP contribution in [0.2, 0.25) is 0 Å². The van der Waals surface area contributed by atoms with E-state index in [0.29, 0.717) is 19.4 Å². The minimum absolute atomic E-state index is 0.135. The van der Waals surface area contributed by atoms with E-state index in [1.54, 1.807) is 0 Å². The topological polar surface area (TPSA) is 66.5 Å². The maximum atomic E-state index is 12.3. The molecule has 0 aromatic heterocycles. The van der Waals surface area contributed by atoms with Crippen LogP contribution in [0.3, 0.4) is 0 Å². The van der Waals surface area contributed by atoms with Crippen molar-refractivity contribution in [3.8, 4) is 0 Å². The number of nitrogens with one attached hydrogen (secondary N) is 1. The summed E-state index contributed by atoms with van der Waals surface area (Å²) in [6.45, 7) is 0.443. The summed E-state index contributed by atoms with van der Waals surface area (Å²) in [6.07, 6.45) is 13.0. The summed E-state index contributed by atoms with van der Waals surface area (Å²) in [5.41, 5.74) is 1.40. The first-order chi connectivity index (χ1) is 11.2. The predicted molar refractivity (Wildman–Crippen MR) is 86.3 cm³/mol. The van der Waals surface area contributed by atoms with E-state index in [2.05, 4.69) is 11.4 Å². The Kier molecular flexibility index (Phi) is 4.94. The Morgan fingerprint density at radius 1 is 1.13 bits per heavy atom. The van der Waals surface area contributed by atoms with E-state index in [1.165, 1.54) is 18.4 Å². The van der Waals surface area contributed by atoms with Gasteiger partial charge >= 0.3 is 0 Å². The molecule has 2 atom stereocenters. The van der Waals surface area contributed by atoms with E-state index < -0.39 is 0 Å². The molecule has 0 radical (unpaired) electrons. The minimum Gasteiger partial charge on any atom is -0.354 e. The number of fused-ring (bicyclic) bond motifs is 1. The quantitative estimate of drug-likeness (QED) is 0.623. The number of imide groups is 1. The van der Waals surface area contributed by atoms with Gasteiger partial charge in [-0.05, 0) is 44.9 Å². The zero-order valence-corrected chi connectivity index (χ0v) is 13.4. The third kappa shape index (κ3) is 3.54. The highest BCUT2D eigenvalue weighted by Gasteiger charge is 2.47. The van der Waals surface area contributed by atoms with E-state index in [0.717, 1.165) is 24.2 Å². The number of rotatable bonds is 5. The second-order valence-corrected chi connectivity index (χ2v) is 6.63. The van der Waals surface area contributed by atoms with Crippen molar-refractivity contribution in [2.24, 2.45) is 11.8 Å². The number of allylic oxidation sites excluding steroid dienone is 3. The van der Waals surface area contributed by atoms with Crippen molar-refractivity contribution in [1.82, 2.24) is 10.2 Å². The molecule has 0 spiro atoms. The number of likely N-dealkylation sites (tertiary alicyclic amines) is 1. The highest BCUT2D eigenvalue weighted by atomic mass is 16.2. The van der Waals surface area contributed by atoms with Crippen LogP contribution in [0, 0.1) is 11.8 Å². The first-order valence-electron chi connectivity index (χ1n) is 8.61. The van der Waals surface area contributed by atoms with Crippen LogP contribution in [0.5, 0.6) is 0 Å². The fourth-order valence-corrected chi connectivity index (χ4v) is 3.72. The molecule has 3 aliphatic rings. The Hall–Kier alpha value is -1.91. The molecule has 1 saturated heterocycles. The highest BCUT2D eigenvalue weighted by Crippen LogP contribution is 2.34. The number of carbonyl (C=O) groups is 3. The number of amides is 3. The van der Waals surface area contributed by atoms with Crippen molar-refractivity contribution >= 4 is 17.7 Å². The molecule has 2 unspecified atom stereocenters. The molecule has 1 fully saturated rings. The average Bonchev–Trinajstić information content (AvgIpc) is 2.81. The predicted octanol–water partition coefficient (Wildman–Crippen LogP) is 1.94. The SMILES string of the molecule is O=C(CN1C(=O)C2CC=CCC2C1=O)NCCC1=CCCCC1. The number of hydrogen-bond donors (Lipinski definition) is 1. The monoisotopic (exact) mass is 316 g/mol. The minimum atomic E-state index is -0.257. The van der Waals surface area contributed by atoms with Crippen molar-refractivity contribution in [1.29, 1.82) is 0 Å². The Bertz CT molecular complexity index is 539. The summed E-state index contributed by atoms with van der Waals surface area (Å²) < 4.78 is 0. The zero-order chi connectivity index (χ0) is 16.2. The molecule has 1 N–H and O–H groups in total. The molecule has 0 aromatic carbocycles. The van der Waals surface area contributed by atoms with Gasteiger partial charge in [-0.25, -0.2) is 0 Å². The van der Waals surface area contributed by atoms with E-state index in [4.69, 9.17) is 0 Å². The van der Waals surface area contributed by atoms with Gasteiger partial charge in [-0.1, -0.05) is 23.8 Å². The van der Waals surface area contributed by atoms with Crippen molar-refractivity contribution in [3.63, 3.8) is 0 Å². The lowest BCUT2D eigenvalue weighted by atomic mass is 9.85. The summed E-state index contributed by atoms with van der Waals surface area (Å²) >= 11 is 0. The van der Waals surface area contributed by atoms with Gasteiger partial charge in [-0.2, -0.15) is 0 Å². The maximum Gasteiger partial charge on any atom is 0.240 e. The van der Waals surface area contributed by atoms with Gasteiger partial charge in [-0.3, -0.25) is 19.3 Å². The van der Waals surface area contributed by atoms with Gasteiger partial charge in [-0.15, -0.1) is 0 Å². The van der Waals surface area contributed by atoms with Gasteiger partial charge in [0.15, 0.2) is 0 Å². The van der Waals surface area contributed by atoms with Gasteiger partial charge in [0.1, 0.15) is 6.54 Å². The van der Waals surface area contributed by atoms with E-state index in [-0.39, 0.29) is 36.1 Å². The molecule has 5 nitrogen and oxygen atoms in total. The number of hydrogen-bond acceptors (Lipinski definition) is 3. The van der Waals surface area contributed by atoms with Crippen LogP contribution in [-0.4, -0.2) is 35.7 Å². The summed E-state index contributed by atoms with van der Waals surface area (Å²) in [4.78, 5) is 37.8. The third-order valence-electron chi connectivity index (χ3n) is 5.05. The molecule has 0 bridgehead atoms. The van der Waals surface area contributed by atoms with E-state index in [9.17, 15) is 14.4 Å². The van der Waals surface area contributed by atoms with Crippen LogP contribution >= 0.6 is 0 Å². The lowest BCUT2D eigenvalue weighted by Gasteiger charge is -2.16. The summed E-state index contributed by atoms with van der Waals surface area (Å²) in [5, 5.41) is 2.84. The molecule has 0 aromatic rings. The molecular formula is C18H24N2O3. The van der Waals surface area contributed by atoms with Crippen molar-refractivity contribution in [2.75, 3.05) is 13.1 Å². The smallest absolute Gasteiger partial charge is 0.240 e. The van der Waals surface area contributed by atoms with Crippen LogP contribution in [0.25, 0.3) is 0 Å². The maximum absolute atomic E-state index is 12.3. The van der Waals surface area contributed by atoms with Crippen LogP contribution in [0.4, 0.5) is 0 Å². The van der Waals surface area contributed by atoms with Crippen LogP contribution in [0.1, 0.15) is 44.9 Å². The highest BCUT2D eigenvalue weighted by molar-refractivity contribution is 6.07. The lowest BCUT2D eigenvalue weighted by molar-refractivity contribution is -0.143. The molecule has 2 aliphatic carbocycles. The molecule has 3 amide bonds. The number of nitrogens with zero attached hydrogens (tertiary/aromatic N) is 1.